The highest BCUT2D eigenvalue weighted by atomic mass is 35.5. The summed E-state index contributed by atoms with van der Waals surface area (Å²) in [6, 6.07) is 1.69. The lowest BCUT2D eigenvalue weighted by Crippen LogP contribution is -2.51. The zero-order chi connectivity index (χ0) is 22.6. The summed E-state index contributed by atoms with van der Waals surface area (Å²) in [5.41, 5.74) is 0.760. The van der Waals surface area contributed by atoms with Crippen LogP contribution in [0, 0.1) is 23.2 Å². The van der Waals surface area contributed by atoms with Crippen molar-refractivity contribution in [2.24, 2.45) is 23.2 Å². The lowest BCUT2D eigenvalue weighted by Gasteiger charge is -2.56. The molecule has 4 N–H and O–H groups in total. The molecule has 32 heavy (non-hydrogen) atoms. The van der Waals surface area contributed by atoms with Crippen molar-refractivity contribution < 1.29 is 15.0 Å². The molecular formula is C24H37ClN4O3. The first-order chi connectivity index (χ1) is 15.5. The molecule has 1 heterocycles. The van der Waals surface area contributed by atoms with E-state index < -0.39 is 0 Å². The van der Waals surface area contributed by atoms with Crippen LogP contribution in [-0.2, 0) is 0 Å². The van der Waals surface area contributed by atoms with Crippen molar-refractivity contribution in [2.75, 3.05) is 51.3 Å². The van der Waals surface area contributed by atoms with Gasteiger partial charge in [-0.1, -0.05) is 11.6 Å². The number of nitrogens with one attached hydrogen (secondary N) is 2. The normalized spacial score (nSPS) is 28.3. The van der Waals surface area contributed by atoms with Crippen LogP contribution in [0.25, 0.3) is 0 Å². The number of pyridine rings is 1. The smallest absolute Gasteiger partial charge is 0.253 e. The van der Waals surface area contributed by atoms with Crippen LogP contribution in [0.3, 0.4) is 0 Å². The number of amides is 1. The van der Waals surface area contributed by atoms with Crippen molar-refractivity contribution in [3.63, 3.8) is 0 Å². The maximum Gasteiger partial charge on any atom is 0.253 e. The van der Waals surface area contributed by atoms with E-state index in [1.165, 1.54) is 38.5 Å². The minimum atomic E-state index is -0.117. The number of aromatic nitrogens is 1. The highest BCUT2D eigenvalue weighted by Crippen LogP contribution is 2.59. The number of hydrogen-bond acceptors (Lipinski definition) is 6. The van der Waals surface area contributed by atoms with Gasteiger partial charge in [0.15, 0.2) is 0 Å². The van der Waals surface area contributed by atoms with E-state index >= 15 is 0 Å². The summed E-state index contributed by atoms with van der Waals surface area (Å²) >= 11 is 6.54. The van der Waals surface area contributed by atoms with E-state index in [-0.39, 0.29) is 19.1 Å². The second-order valence-electron chi connectivity index (χ2n) is 10.2. The molecule has 4 bridgehead atoms. The second-order valence-corrected chi connectivity index (χ2v) is 10.6. The molecule has 4 aliphatic carbocycles. The summed E-state index contributed by atoms with van der Waals surface area (Å²) in [7, 11) is 0. The van der Waals surface area contributed by atoms with Crippen LogP contribution in [0.15, 0.2) is 12.3 Å². The Morgan fingerprint density at radius 3 is 2.31 bits per heavy atom. The van der Waals surface area contributed by atoms with Crippen LogP contribution in [0.5, 0.6) is 0 Å². The average Bonchev–Trinajstić information content (AvgIpc) is 2.75. The molecule has 0 saturated heterocycles. The molecular weight excluding hydrogens is 428 g/mol. The van der Waals surface area contributed by atoms with E-state index in [9.17, 15) is 4.79 Å². The number of anilines is 1. The van der Waals surface area contributed by atoms with Gasteiger partial charge in [0.25, 0.3) is 5.91 Å². The third kappa shape index (κ3) is 5.56. The van der Waals surface area contributed by atoms with Crippen molar-refractivity contribution in [1.29, 1.82) is 0 Å². The fraction of sp³-hybridized carbons (Fsp3) is 0.750. The number of aliphatic hydroxyl groups excluding tert-OH is 2. The molecule has 4 fully saturated rings. The Labute approximate surface area is 195 Å². The predicted octanol–water partition coefficient (Wildman–Crippen LogP) is 2.77. The minimum Gasteiger partial charge on any atom is -0.395 e. The van der Waals surface area contributed by atoms with E-state index in [1.807, 2.05) is 4.90 Å². The van der Waals surface area contributed by atoms with E-state index in [2.05, 4.69) is 15.6 Å². The van der Waals surface area contributed by atoms with Crippen LogP contribution in [0.1, 0.15) is 55.3 Å². The SMILES string of the molecule is O=C(NCC12CC3CC(CC(C3)C1)C2)c1ccnc(NCCCN(CCO)CCO)c1Cl. The molecule has 8 heteroatoms. The van der Waals surface area contributed by atoms with Gasteiger partial charge in [-0.05, 0) is 80.7 Å². The molecule has 4 aliphatic rings. The molecule has 178 valence electrons. The summed E-state index contributed by atoms with van der Waals surface area (Å²) in [6.45, 7) is 3.36. The van der Waals surface area contributed by atoms with E-state index in [4.69, 9.17) is 21.8 Å². The van der Waals surface area contributed by atoms with Crippen LogP contribution in [0.4, 0.5) is 5.82 Å². The second kappa shape index (κ2) is 10.7. The van der Waals surface area contributed by atoms with Gasteiger partial charge in [0.1, 0.15) is 5.82 Å². The molecule has 1 amide bonds. The number of carbonyl (C=O) groups is 1. The van der Waals surface area contributed by atoms with Crippen molar-refractivity contribution in [1.82, 2.24) is 15.2 Å². The largest absolute Gasteiger partial charge is 0.395 e. The van der Waals surface area contributed by atoms with Gasteiger partial charge in [0, 0.05) is 32.4 Å². The summed E-state index contributed by atoms with van der Waals surface area (Å²) in [4.78, 5) is 19.3. The van der Waals surface area contributed by atoms with Crippen LogP contribution >= 0.6 is 11.6 Å². The van der Waals surface area contributed by atoms with Gasteiger partial charge < -0.3 is 20.8 Å². The standard InChI is InChI=1S/C24H37ClN4O3/c25-21-20(2-4-27-22(21)26-3-1-5-29(6-8-30)7-9-31)23(32)28-16-24-13-17-10-18(14-24)12-19(11-17)15-24/h2,4,17-19,30-31H,1,3,5-16H2,(H,26,27)(H,28,32). The van der Waals surface area contributed by atoms with Crippen molar-refractivity contribution >= 4 is 23.3 Å². The van der Waals surface area contributed by atoms with Gasteiger partial charge in [0.2, 0.25) is 0 Å². The Morgan fingerprint density at radius 2 is 1.72 bits per heavy atom. The Balaban J connectivity index is 1.29. The first-order valence-electron chi connectivity index (χ1n) is 12.1. The molecule has 0 radical (unpaired) electrons. The molecule has 0 aromatic carbocycles. The molecule has 0 atom stereocenters. The van der Waals surface area contributed by atoms with Crippen molar-refractivity contribution in [3.8, 4) is 0 Å². The Kier molecular flexibility index (Phi) is 7.92. The minimum absolute atomic E-state index is 0.0707. The lowest BCUT2D eigenvalue weighted by molar-refractivity contribution is -0.0503. The highest BCUT2D eigenvalue weighted by molar-refractivity contribution is 6.36. The summed E-state index contributed by atoms with van der Waals surface area (Å²) in [5.74, 6) is 3.00. The Hall–Kier alpha value is -1.41. The summed E-state index contributed by atoms with van der Waals surface area (Å²) in [5, 5.41) is 25.0. The first kappa shape index (κ1) is 23.7. The zero-order valence-electron chi connectivity index (χ0n) is 18.9. The molecule has 5 rings (SSSR count). The van der Waals surface area contributed by atoms with Gasteiger partial charge in [0.05, 0.1) is 23.8 Å². The summed E-state index contributed by atoms with van der Waals surface area (Å²) in [6.07, 6.45) is 10.4. The summed E-state index contributed by atoms with van der Waals surface area (Å²) < 4.78 is 0. The maximum absolute atomic E-state index is 13.0. The molecule has 1 aromatic heterocycles. The number of nitrogens with zero attached hydrogens (tertiary/aromatic N) is 2. The number of halogens is 1. The van der Waals surface area contributed by atoms with Crippen LogP contribution in [-0.4, -0.2) is 71.9 Å². The quantitative estimate of drug-likeness (QED) is 0.355. The van der Waals surface area contributed by atoms with E-state index in [0.29, 0.717) is 41.5 Å². The average molecular weight is 465 g/mol. The Morgan fingerprint density at radius 1 is 1.09 bits per heavy atom. The number of rotatable bonds is 12. The number of hydrogen-bond donors (Lipinski definition) is 4. The monoisotopic (exact) mass is 464 g/mol. The zero-order valence-corrected chi connectivity index (χ0v) is 19.6. The van der Waals surface area contributed by atoms with E-state index in [1.54, 1.807) is 12.3 Å². The van der Waals surface area contributed by atoms with Crippen molar-refractivity contribution in [3.05, 3.63) is 22.8 Å². The number of carbonyl (C=O) groups excluding carboxylic acids is 1. The topological polar surface area (TPSA) is 97.7 Å². The van der Waals surface area contributed by atoms with Gasteiger partial charge in [-0.25, -0.2) is 4.98 Å². The highest BCUT2D eigenvalue weighted by Gasteiger charge is 2.50. The van der Waals surface area contributed by atoms with Gasteiger partial charge in [-0.2, -0.15) is 0 Å². The fourth-order valence-corrected chi connectivity index (χ4v) is 7.00. The molecule has 0 aliphatic heterocycles. The first-order valence-corrected chi connectivity index (χ1v) is 12.5. The van der Waals surface area contributed by atoms with Crippen molar-refractivity contribution in [2.45, 2.75) is 44.9 Å². The van der Waals surface area contributed by atoms with Crippen LogP contribution in [0.2, 0.25) is 5.02 Å². The van der Waals surface area contributed by atoms with Gasteiger partial charge in [-0.15, -0.1) is 0 Å². The molecule has 1 aromatic rings. The lowest BCUT2D eigenvalue weighted by atomic mass is 9.49. The molecule has 0 unspecified atom stereocenters. The van der Waals surface area contributed by atoms with Crippen LogP contribution < -0.4 is 10.6 Å². The molecule has 0 spiro atoms. The van der Waals surface area contributed by atoms with E-state index in [0.717, 1.165) is 37.3 Å². The number of aliphatic hydroxyl groups is 2. The maximum atomic E-state index is 13.0. The fourth-order valence-electron chi connectivity index (χ4n) is 6.74. The molecule has 7 nitrogen and oxygen atoms in total. The third-order valence-electron chi connectivity index (χ3n) is 7.70. The Bertz CT molecular complexity index is 749. The van der Waals surface area contributed by atoms with Gasteiger partial charge >= 0.3 is 0 Å². The van der Waals surface area contributed by atoms with Gasteiger partial charge in [-0.3, -0.25) is 9.69 Å². The molecule has 4 saturated carbocycles. The predicted molar refractivity (Wildman–Crippen MR) is 126 cm³/mol. The third-order valence-corrected chi connectivity index (χ3v) is 8.08.